The second kappa shape index (κ2) is 4.45. The van der Waals surface area contributed by atoms with Crippen LogP contribution in [0.25, 0.3) is 0 Å². The molecule has 0 aromatic carbocycles. The summed E-state index contributed by atoms with van der Waals surface area (Å²) in [5, 5.41) is 18.5. The highest BCUT2D eigenvalue weighted by Gasteiger charge is 2.48. The molecule has 1 saturated carbocycles. The van der Waals surface area contributed by atoms with Crippen molar-refractivity contribution in [2.75, 3.05) is 13.2 Å². The Balaban J connectivity index is 2.01. The average molecular weight is 196 g/mol. The van der Waals surface area contributed by atoms with E-state index in [1.807, 2.05) is 0 Å². The van der Waals surface area contributed by atoms with Crippen LogP contribution >= 0.6 is 0 Å². The number of fused-ring (bicyclic) bond motifs is 1. The molecule has 4 atom stereocenters. The van der Waals surface area contributed by atoms with Crippen molar-refractivity contribution >= 4 is 0 Å². The Labute approximate surface area is 85.6 Å². The van der Waals surface area contributed by atoms with Gasteiger partial charge in [0.05, 0.1) is 0 Å². The van der Waals surface area contributed by atoms with Gasteiger partial charge in [-0.1, -0.05) is 12.2 Å². The molecule has 0 radical (unpaired) electrons. The van der Waals surface area contributed by atoms with Gasteiger partial charge in [-0.3, -0.25) is 0 Å². The Morgan fingerprint density at radius 3 is 1.64 bits per heavy atom. The predicted octanol–water partition coefficient (Wildman–Crippen LogP) is 1.58. The Kier molecular flexibility index (Phi) is 3.24. The molecular weight excluding hydrogens is 176 g/mol. The monoisotopic (exact) mass is 196 g/mol. The quantitative estimate of drug-likeness (QED) is 0.658. The lowest BCUT2D eigenvalue weighted by Gasteiger charge is -2.52. The van der Waals surface area contributed by atoms with Crippen LogP contribution in [0, 0.1) is 23.7 Å². The Bertz CT molecular complexity index is 190. The van der Waals surface area contributed by atoms with Crippen molar-refractivity contribution in [1.82, 2.24) is 0 Å². The van der Waals surface area contributed by atoms with Gasteiger partial charge in [0.15, 0.2) is 0 Å². The van der Waals surface area contributed by atoms with Crippen LogP contribution in [0.4, 0.5) is 0 Å². The summed E-state index contributed by atoms with van der Waals surface area (Å²) in [6, 6.07) is 0. The van der Waals surface area contributed by atoms with E-state index in [2.05, 4.69) is 12.2 Å². The zero-order valence-electron chi connectivity index (χ0n) is 8.60. The summed E-state index contributed by atoms with van der Waals surface area (Å²) in [7, 11) is 0. The van der Waals surface area contributed by atoms with Gasteiger partial charge in [0, 0.05) is 13.2 Å². The van der Waals surface area contributed by atoms with Gasteiger partial charge in [0.25, 0.3) is 0 Å². The SMILES string of the molecule is OCC1C(CO)C2CC/C=C\CCC12. The molecule has 2 rings (SSSR count). The molecule has 0 saturated heterocycles. The predicted molar refractivity (Wildman–Crippen MR) is 55.7 cm³/mol. The van der Waals surface area contributed by atoms with E-state index in [0.29, 0.717) is 23.7 Å². The number of rotatable bonds is 2. The fourth-order valence-electron chi connectivity index (χ4n) is 3.34. The second-order valence-corrected chi connectivity index (χ2v) is 4.65. The minimum absolute atomic E-state index is 0.260. The second-order valence-electron chi connectivity index (χ2n) is 4.65. The highest BCUT2D eigenvalue weighted by Crippen LogP contribution is 2.50. The van der Waals surface area contributed by atoms with Crippen LogP contribution in [-0.4, -0.2) is 23.4 Å². The van der Waals surface area contributed by atoms with E-state index >= 15 is 0 Å². The van der Waals surface area contributed by atoms with E-state index in [-0.39, 0.29) is 13.2 Å². The fraction of sp³-hybridized carbons (Fsp3) is 0.833. The van der Waals surface area contributed by atoms with Gasteiger partial charge in [-0.05, 0) is 49.4 Å². The van der Waals surface area contributed by atoms with Crippen LogP contribution in [0.15, 0.2) is 12.2 Å². The maximum Gasteiger partial charge on any atom is 0.0465 e. The van der Waals surface area contributed by atoms with E-state index in [1.165, 1.54) is 12.8 Å². The molecule has 0 bridgehead atoms. The van der Waals surface area contributed by atoms with Crippen LogP contribution in [0.3, 0.4) is 0 Å². The number of hydrogen-bond donors (Lipinski definition) is 2. The van der Waals surface area contributed by atoms with Crippen LogP contribution in [0.5, 0.6) is 0 Å². The van der Waals surface area contributed by atoms with E-state index in [9.17, 15) is 10.2 Å². The van der Waals surface area contributed by atoms with E-state index in [0.717, 1.165) is 12.8 Å². The normalized spacial score (nSPS) is 44.4. The van der Waals surface area contributed by atoms with Crippen molar-refractivity contribution in [2.45, 2.75) is 25.7 Å². The molecule has 2 N–H and O–H groups in total. The molecule has 1 fully saturated rings. The maximum atomic E-state index is 9.26. The van der Waals surface area contributed by atoms with Crippen molar-refractivity contribution in [3.63, 3.8) is 0 Å². The Morgan fingerprint density at radius 2 is 1.29 bits per heavy atom. The first kappa shape index (κ1) is 10.2. The molecule has 14 heavy (non-hydrogen) atoms. The highest BCUT2D eigenvalue weighted by molar-refractivity contribution is 5.00. The minimum Gasteiger partial charge on any atom is -0.396 e. The molecule has 0 spiro atoms. The molecule has 80 valence electrons. The third-order valence-corrected chi connectivity index (χ3v) is 4.12. The standard InChI is InChI=1S/C12H20O2/c13-7-11-9-5-3-1-2-4-6-10(9)12(11)8-14/h1-2,9-14H,3-8H2/b2-1-. The summed E-state index contributed by atoms with van der Waals surface area (Å²) in [5.74, 6) is 2.08. The largest absolute Gasteiger partial charge is 0.396 e. The molecule has 0 aromatic heterocycles. The first-order chi connectivity index (χ1) is 6.88. The van der Waals surface area contributed by atoms with Gasteiger partial charge in [-0.15, -0.1) is 0 Å². The molecule has 2 heteroatoms. The molecule has 4 unspecified atom stereocenters. The van der Waals surface area contributed by atoms with E-state index < -0.39 is 0 Å². The van der Waals surface area contributed by atoms with Crippen molar-refractivity contribution < 1.29 is 10.2 Å². The molecule has 0 aliphatic heterocycles. The van der Waals surface area contributed by atoms with Crippen molar-refractivity contribution in [3.05, 3.63) is 12.2 Å². The van der Waals surface area contributed by atoms with Crippen molar-refractivity contribution in [1.29, 1.82) is 0 Å². The average Bonchev–Trinajstić information content (AvgIpc) is 2.16. The number of aliphatic hydroxyl groups is 2. The topological polar surface area (TPSA) is 40.5 Å². The number of hydrogen-bond acceptors (Lipinski definition) is 2. The van der Waals surface area contributed by atoms with Crippen LogP contribution < -0.4 is 0 Å². The van der Waals surface area contributed by atoms with Gasteiger partial charge < -0.3 is 10.2 Å². The third kappa shape index (κ3) is 1.61. The third-order valence-electron chi connectivity index (χ3n) is 4.12. The summed E-state index contributed by atoms with van der Waals surface area (Å²) < 4.78 is 0. The summed E-state index contributed by atoms with van der Waals surface area (Å²) in [5.41, 5.74) is 0. The molecular formula is C12H20O2. The van der Waals surface area contributed by atoms with Gasteiger partial charge in [-0.25, -0.2) is 0 Å². The van der Waals surface area contributed by atoms with Gasteiger partial charge >= 0.3 is 0 Å². The van der Waals surface area contributed by atoms with Crippen molar-refractivity contribution in [2.24, 2.45) is 23.7 Å². The summed E-state index contributed by atoms with van der Waals surface area (Å²) >= 11 is 0. The summed E-state index contributed by atoms with van der Waals surface area (Å²) in [6.45, 7) is 0.520. The van der Waals surface area contributed by atoms with Crippen molar-refractivity contribution in [3.8, 4) is 0 Å². The van der Waals surface area contributed by atoms with E-state index in [4.69, 9.17) is 0 Å². The lowest BCUT2D eigenvalue weighted by molar-refractivity contribution is -0.0867. The number of aliphatic hydroxyl groups excluding tert-OH is 2. The molecule has 0 heterocycles. The number of allylic oxidation sites excluding steroid dienone is 2. The molecule has 2 aliphatic carbocycles. The Morgan fingerprint density at radius 1 is 0.857 bits per heavy atom. The minimum atomic E-state index is 0.260. The summed E-state index contributed by atoms with van der Waals surface area (Å²) in [4.78, 5) is 0. The smallest absolute Gasteiger partial charge is 0.0465 e. The van der Waals surface area contributed by atoms with Crippen LogP contribution in [-0.2, 0) is 0 Å². The van der Waals surface area contributed by atoms with Gasteiger partial charge in [0.1, 0.15) is 0 Å². The Hall–Kier alpha value is -0.340. The lowest BCUT2D eigenvalue weighted by atomic mass is 9.54. The molecule has 0 amide bonds. The summed E-state index contributed by atoms with van der Waals surface area (Å²) in [6.07, 6.45) is 9.21. The first-order valence-electron chi connectivity index (χ1n) is 5.75. The van der Waals surface area contributed by atoms with E-state index in [1.54, 1.807) is 0 Å². The van der Waals surface area contributed by atoms with Gasteiger partial charge in [0.2, 0.25) is 0 Å². The zero-order chi connectivity index (χ0) is 9.97. The lowest BCUT2D eigenvalue weighted by Crippen LogP contribution is -2.50. The molecule has 2 nitrogen and oxygen atoms in total. The molecule has 2 aliphatic rings. The van der Waals surface area contributed by atoms with Crippen LogP contribution in [0.2, 0.25) is 0 Å². The zero-order valence-corrected chi connectivity index (χ0v) is 8.60. The fourth-order valence-corrected chi connectivity index (χ4v) is 3.34. The van der Waals surface area contributed by atoms with Gasteiger partial charge in [-0.2, -0.15) is 0 Å². The van der Waals surface area contributed by atoms with Crippen LogP contribution in [0.1, 0.15) is 25.7 Å². The maximum absolute atomic E-state index is 9.26. The highest BCUT2D eigenvalue weighted by atomic mass is 16.3. The first-order valence-corrected chi connectivity index (χ1v) is 5.75. The molecule has 0 aromatic rings.